The number of aromatic nitrogens is 2. The molecule has 1 aliphatic rings. The van der Waals surface area contributed by atoms with Crippen molar-refractivity contribution in [1.82, 2.24) is 14.9 Å². The second-order valence-corrected chi connectivity index (χ2v) is 4.09. The summed E-state index contributed by atoms with van der Waals surface area (Å²) in [4.78, 5) is 9.54. The van der Waals surface area contributed by atoms with Crippen molar-refractivity contribution in [2.45, 2.75) is 25.3 Å². The molecule has 5 heteroatoms. The van der Waals surface area contributed by atoms with E-state index >= 15 is 0 Å². The van der Waals surface area contributed by atoms with Gasteiger partial charge in [0.1, 0.15) is 6.33 Å². The van der Waals surface area contributed by atoms with Gasteiger partial charge in [-0.25, -0.2) is 9.97 Å². The van der Waals surface area contributed by atoms with Gasteiger partial charge in [-0.2, -0.15) is 4.39 Å². The topological polar surface area (TPSA) is 38.2 Å². The number of halogens is 1. The minimum absolute atomic E-state index is 0.313. The van der Waals surface area contributed by atoms with E-state index in [-0.39, 0.29) is 0 Å². The maximum atomic E-state index is 12.7. The molecule has 0 spiro atoms. The molecule has 16 heavy (non-hydrogen) atoms. The first-order chi connectivity index (χ1) is 7.75. The van der Waals surface area contributed by atoms with Crippen LogP contribution in [0.2, 0.25) is 0 Å². The van der Waals surface area contributed by atoms with Crippen molar-refractivity contribution in [1.29, 1.82) is 0 Å². The average Bonchev–Trinajstić information content (AvgIpc) is 2.65. The van der Waals surface area contributed by atoms with Crippen molar-refractivity contribution in [3.05, 3.63) is 18.3 Å². The predicted molar refractivity (Wildman–Crippen MR) is 57.8 cm³/mol. The zero-order valence-electron chi connectivity index (χ0n) is 9.40. The normalized spacial score (nSPS) is 21.2. The molecule has 88 valence electrons. The second kappa shape index (κ2) is 5.21. The van der Waals surface area contributed by atoms with Crippen molar-refractivity contribution in [2.75, 3.05) is 20.2 Å². The molecule has 1 aliphatic heterocycles. The molecule has 0 saturated carbocycles. The Kier molecular flexibility index (Phi) is 3.66. The molecule has 1 unspecified atom stereocenters. The summed E-state index contributed by atoms with van der Waals surface area (Å²) in [6.45, 7) is 1.73. The Morgan fingerprint density at radius 2 is 2.44 bits per heavy atom. The van der Waals surface area contributed by atoms with Crippen LogP contribution in [0.5, 0.6) is 5.88 Å². The van der Waals surface area contributed by atoms with E-state index in [2.05, 4.69) is 21.9 Å². The highest BCUT2D eigenvalue weighted by Gasteiger charge is 2.20. The molecule has 0 aromatic carbocycles. The van der Waals surface area contributed by atoms with E-state index in [0.717, 1.165) is 13.0 Å². The molecule has 1 aromatic rings. The summed E-state index contributed by atoms with van der Waals surface area (Å²) >= 11 is 0. The Bertz CT molecular complexity index is 348. The molecule has 0 bridgehead atoms. The van der Waals surface area contributed by atoms with Crippen LogP contribution in [0.4, 0.5) is 4.39 Å². The predicted octanol–water partition coefficient (Wildman–Crippen LogP) is 1.48. The summed E-state index contributed by atoms with van der Waals surface area (Å²) in [5, 5.41) is 0. The molecule has 2 heterocycles. The highest BCUT2D eigenvalue weighted by Crippen LogP contribution is 2.18. The average molecular weight is 225 g/mol. The van der Waals surface area contributed by atoms with Gasteiger partial charge in [0.25, 0.3) is 0 Å². The lowest BCUT2D eigenvalue weighted by atomic mass is 10.1. The Morgan fingerprint density at radius 1 is 1.56 bits per heavy atom. The third kappa shape index (κ3) is 2.88. The molecule has 1 fully saturated rings. The third-order valence-electron chi connectivity index (χ3n) is 2.98. The van der Waals surface area contributed by atoms with Gasteiger partial charge in [-0.1, -0.05) is 0 Å². The molecule has 1 saturated heterocycles. The number of nitrogens with zero attached hydrogens (tertiary/aromatic N) is 3. The first kappa shape index (κ1) is 11.3. The first-order valence-corrected chi connectivity index (χ1v) is 5.56. The van der Waals surface area contributed by atoms with Gasteiger partial charge in [-0.3, -0.25) is 0 Å². The van der Waals surface area contributed by atoms with Crippen LogP contribution in [-0.4, -0.2) is 41.1 Å². The summed E-state index contributed by atoms with van der Waals surface area (Å²) in [6, 6.07) is 1.80. The molecule has 0 N–H and O–H groups in total. The van der Waals surface area contributed by atoms with Crippen LogP contribution >= 0.6 is 0 Å². The van der Waals surface area contributed by atoms with E-state index in [1.807, 2.05) is 0 Å². The fourth-order valence-electron chi connectivity index (χ4n) is 2.04. The van der Waals surface area contributed by atoms with E-state index in [1.165, 1.54) is 25.2 Å². The van der Waals surface area contributed by atoms with Crippen LogP contribution in [-0.2, 0) is 0 Å². The molecule has 2 rings (SSSR count). The number of hydrogen-bond donors (Lipinski definition) is 0. The Labute approximate surface area is 94.5 Å². The zero-order valence-corrected chi connectivity index (χ0v) is 9.40. The number of hydrogen-bond acceptors (Lipinski definition) is 4. The number of rotatable bonds is 4. The van der Waals surface area contributed by atoms with Crippen molar-refractivity contribution in [2.24, 2.45) is 0 Å². The molecule has 4 nitrogen and oxygen atoms in total. The number of likely N-dealkylation sites (tertiary alicyclic amines) is 1. The molecule has 1 aromatic heterocycles. The lowest BCUT2D eigenvalue weighted by molar-refractivity contribution is 0.227. The van der Waals surface area contributed by atoms with Gasteiger partial charge in [-0.05, 0) is 32.9 Å². The van der Waals surface area contributed by atoms with Gasteiger partial charge in [0.15, 0.2) is 0 Å². The quantitative estimate of drug-likeness (QED) is 0.727. The fourth-order valence-corrected chi connectivity index (χ4v) is 2.04. The van der Waals surface area contributed by atoms with E-state index < -0.39 is 5.95 Å². The second-order valence-electron chi connectivity index (χ2n) is 4.09. The van der Waals surface area contributed by atoms with Gasteiger partial charge in [0.05, 0.1) is 12.7 Å². The van der Waals surface area contributed by atoms with E-state index in [0.29, 0.717) is 18.5 Å². The van der Waals surface area contributed by atoms with Gasteiger partial charge < -0.3 is 9.64 Å². The van der Waals surface area contributed by atoms with Crippen LogP contribution in [0, 0.1) is 5.95 Å². The minimum atomic E-state index is -0.553. The van der Waals surface area contributed by atoms with Crippen molar-refractivity contribution >= 4 is 0 Å². The van der Waals surface area contributed by atoms with Crippen LogP contribution < -0.4 is 4.74 Å². The molecule has 0 aliphatic carbocycles. The molecule has 0 radical (unpaired) electrons. The van der Waals surface area contributed by atoms with Crippen molar-refractivity contribution in [3.8, 4) is 5.88 Å². The molecule has 0 amide bonds. The standard InChI is InChI=1S/C11H16FN3O/c1-15-5-2-3-9(15)4-6-16-11-7-10(12)13-8-14-11/h7-9H,2-6H2,1H3. The smallest absolute Gasteiger partial charge is 0.219 e. The highest BCUT2D eigenvalue weighted by molar-refractivity contribution is 5.05. The largest absolute Gasteiger partial charge is 0.477 e. The van der Waals surface area contributed by atoms with Gasteiger partial charge in [-0.15, -0.1) is 0 Å². The number of ether oxygens (including phenoxy) is 1. The maximum absolute atomic E-state index is 12.7. The zero-order chi connectivity index (χ0) is 11.4. The highest BCUT2D eigenvalue weighted by atomic mass is 19.1. The van der Waals surface area contributed by atoms with Crippen LogP contribution in [0.25, 0.3) is 0 Å². The summed E-state index contributed by atoms with van der Waals surface area (Å²) in [5.74, 6) is -0.240. The van der Waals surface area contributed by atoms with Gasteiger partial charge >= 0.3 is 0 Å². The van der Waals surface area contributed by atoms with Crippen molar-refractivity contribution < 1.29 is 9.13 Å². The van der Waals surface area contributed by atoms with Crippen LogP contribution in [0.15, 0.2) is 12.4 Å². The summed E-state index contributed by atoms with van der Waals surface area (Å²) in [7, 11) is 2.13. The van der Waals surface area contributed by atoms with Crippen molar-refractivity contribution in [3.63, 3.8) is 0 Å². The summed E-state index contributed by atoms with van der Waals surface area (Å²) in [6.07, 6.45) is 4.61. The lowest BCUT2D eigenvalue weighted by Gasteiger charge is -2.18. The van der Waals surface area contributed by atoms with E-state index in [9.17, 15) is 4.39 Å². The van der Waals surface area contributed by atoms with Crippen LogP contribution in [0.3, 0.4) is 0 Å². The van der Waals surface area contributed by atoms with Gasteiger partial charge in [0.2, 0.25) is 11.8 Å². The first-order valence-electron chi connectivity index (χ1n) is 5.56. The maximum Gasteiger partial charge on any atom is 0.219 e. The third-order valence-corrected chi connectivity index (χ3v) is 2.98. The molecular weight excluding hydrogens is 209 g/mol. The lowest BCUT2D eigenvalue weighted by Crippen LogP contribution is -2.26. The monoisotopic (exact) mass is 225 g/mol. The van der Waals surface area contributed by atoms with E-state index in [1.54, 1.807) is 0 Å². The summed E-state index contributed by atoms with van der Waals surface area (Å²) < 4.78 is 18.1. The SMILES string of the molecule is CN1CCCC1CCOc1cc(F)ncn1. The van der Waals surface area contributed by atoms with Gasteiger partial charge in [0, 0.05) is 6.04 Å². The molecular formula is C11H16FN3O. The minimum Gasteiger partial charge on any atom is -0.477 e. The Hall–Kier alpha value is -1.23. The summed E-state index contributed by atoms with van der Waals surface area (Å²) in [5.41, 5.74) is 0. The Morgan fingerprint density at radius 3 is 3.12 bits per heavy atom. The Balaban J connectivity index is 1.75. The van der Waals surface area contributed by atoms with E-state index in [4.69, 9.17) is 4.74 Å². The molecule has 1 atom stereocenters. The van der Waals surface area contributed by atoms with Crippen LogP contribution in [0.1, 0.15) is 19.3 Å². The fraction of sp³-hybridized carbons (Fsp3) is 0.636.